The predicted molar refractivity (Wildman–Crippen MR) is 86.2 cm³/mol. The zero-order valence-electron chi connectivity index (χ0n) is 12.5. The molecule has 2 unspecified atom stereocenters. The first-order valence-electron chi connectivity index (χ1n) is 7.21. The molecule has 1 fully saturated rings. The lowest BCUT2D eigenvalue weighted by Gasteiger charge is -2.24. The van der Waals surface area contributed by atoms with Crippen LogP contribution in [-0.4, -0.2) is 23.1 Å². The molecule has 2 N–H and O–H groups in total. The van der Waals surface area contributed by atoms with Gasteiger partial charge in [0, 0.05) is 11.3 Å². The van der Waals surface area contributed by atoms with Gasteiger partial charge in [-0.3, -0.25) is 0 Å². The molecule has 0 aliphatic carbocycles. The number of hydrogen-bond acceptors (Lipinski definition) is 3. The van der Waals surface area contributed by atoms with Crippen molar-refractivity contribution < 1.29 is 4.79 Å². The van der Waals surface area contributed by atoms with Crippen molar-refractivity contribution >= 4 is 17.8 Å². The van der Waals surface area contributed by atoms with E-state index in [1.165, 1.54) is 12.2 Å². The van der Waals surface area contributed by atoms with E-state index in [9.17, 15) is 4.79 Å². The quantitative estimate of drug-likeness (QED) is 0.897. The summed E-state index contributed by atoms with van der Waals surface area (Å²) < 4.78 is 0.168. The van der Waals surface area contributed by atoms with Gasteiger partial charge in [0.1, 0.15) is 0 Å². The Kier molecular flexibility index (Phi) is 5.13. The largest absolute Gasteiger partial charge is 0.337 e. The average Bonchev–Trinajstić information content (AvgIpc) is 2.92. The Bertz CT molecular complexity index is 547. The van der Waals surface area contributed by atoms with E-state index in [2.05, 4.69) is 23.6 Å². The van der Waals surface area contributed by atoms with Crippen molar-refractivity contribution in [2.75, 3.05) is 12.3 Å². The monoisotopic (exact) mass is 303 g/mol. The lowest BCUT2D eigenvalue weighted by molar-refractivity contribution is 0.237. The number of benzene rings is 1. The normalized spacial score (nSPS) is 22.3. The highest BCUT2D eigenvalue weighted by Crippen LogP contribution is 2.36. The molecule has 2 rings (SSSR count). The van der Waals surface area contributed by atoms with Gasteiger partial charge in [-0.1, -0.05) is 12.1 Å². The summed E-state index contributed by atoms with van der Waals surface area (Å²) in [6.45, 7) is 4.81. The van der Waals surface area contributed by atoms with Crippen LogP contribution in [0.4, 0.5) is 4.79 Å². The molecule has 0 saturated carbocycles. The van der Waals surface area contributed by atoms with Gasteiger partial charge in [-0.2, -0.15) is 17.0 Å². The molecule has 112 valence electrons. The van der Waals surface area contributed by atoms with Crippen LogP contribution in [0.15, 0.2) is 24.3 Å². The highest BCUT2D eigenvalue weighted by molar-refractivity contribution is 8.00. The molecule has 1 aliphatic heterocycles. The smallest absolute Gasteiger partial charge is 0.315 e. The molecule has 1 aliphatic rings. The highest BCUT2D eigenvalue weighted by atomic mass is 32.2. The molecule has 1 aromatic rings. The number of nitrogens with zero attached hydrogens (tertiary/aromatic N) is 1. The number of nitriles is 1. The van der Waals surface area contributed by atoms with Crippen molar-refractivity contribution in [3.8, 4) is 6.07 Å². The average molecular weight is 303 g/mol. The minimum absolute atomic E-state index is 0.123. The van der Waals surface area contributed by atoms with E-state index in [4.69, 9.17) is 5.26 Å². The number of urea groups is 1. The van der Waals surface area contributed by atoms with E-state index < -0.39 is 0 Å². The number of carbonyl (C=O) groups is 1. The van der Waals surface area contributed by atoms with Gasteiger partial charge in [0.2, 0.25) is 0 Å². The molecule has 0 bridgehead atoms. The van der Waals surface area contributed by atoms with Crippen molar-refractivity contribution in [3.63, 3.8) is 0 Å². The lowest BCUT2D eigenvalue weighted by atomic mass is 10.1. The molecular weight excluding hydrogens is 282 g/mol. The molecule has 1 aromatic carbocycles. The third-order valence-corrected chi connectivity index (χ3v) is 5.32. The Morgan fingerprint density at radius 3 is 3.05 bits per heavy atom. The van der Waals surface area contributed by atoms with Crippen LogP contribution in [0.1, 0.15) is 43.9 Å². The summed E-state index contributed by atoms with van der Waals surface area (Å²) in [7, 11) is 0. The van der Waals surface area contributed by atoms with Crippen LogP contribution in [-0.2, 0) is 0 Å². The molecule has 21 heavy (non-hydrogen) atoms. The molecule has 2 amide bonds. The molecule has 0 spiro atoms. The van der Waals surface area contributed by atoms with E-state index in [0.717, 1.165) is 12.0 Å². The van der Waals surface area contributed by atoms with Gasteiger partial charge in [0.05, 0.1) is 17.7 Å². The summed E-state index contributed by atoms with van der Waals surface area (Å²) >= 11 is 1.93. The fourth-order valence-electron chi connectivity index (χ4n) is 2.45. The lowest BCUT2D eigenvalue weighted by Crippen LogP contribution is -2.43. The fraction of sp³-hybridized carbons (Fsp3) is 0.500. The van der Waals surface area contributed by atoms with Crippen molar-refractivity contribution in [3.05, 3.63) is 35.4 Å². The van der Waals surface area contributed by atoms with Crippen molar-refractivity contribution in [1.29, 1.82) is 5.26 Å². The second kappa shape index (κ2) is 6.86. The zero-order chi connectivity index (χ0) is 15.3. The molecule has 1 heterocycles. The second-order valence-corrected chi connectivity index (χ2v) is 7.37. The van der Waals surface area contributed by atoms with Gasteiger partial charge >= 0.3 is 6.03 Å². The van der Waals surface area contributed by atoms with Crippen LogP contribution >= 0.6 is 11.8 Å². The Balaban J connectivity index is 1.85. The van der Waals surface area contributed by atoms with E-state index in [1.54, 1.807) is 12.1 Å². The summed E-state index contributed by atoms with van der Waals surface area (Å²) in [5, 5.41) is 14.8. The Morgan fingerprint density at radius 1 is 1.57 bits per heavy atom. The molecule has 0 aromatic heterocycles. The molecule has 1 saturated heterocycles. The fourth-order valence-corrected chi connectivity index (χ4v) is 3.70. The number of amides is 2. The predicted octanol–water partition coefficient (Wildman–Crippen LogP) is 3.20. The van der Waals surface area contributed by atoms with Crippen molar-refractivity contribution in [1.82, 2.24) is 10.6 Å². The van der Waals surface area contributed by atoms with Gasteiger partial charge < -0.3 is 10.6 Å². The third-order valence-electron chi connectivity index (χ3n) is 3.79. The number of thioether (sulfide) groups is 1. The Hall–Kier alpha value is -1.67. The first-order chi connectivity index (χ1) is 10.0. The van der Waals surface area contributed by atoms with Crippen molar-refractivity contribution in [2.45, 2.75) is 37.5 Å². The van der Waals surface area contributed by atoms with E-state index in [0.29, 0.717) is 12.1 Å². The molecular formula is C16H21N3OS. The minimum atomic E-state index is -0.154. The van der Waals surface area contributed by atoms with Crippen LogP contribution < -0.4 is 10.6 Å². The highest BCUT2D eigenvalue weighted by Gasteiger charge is 2.29. The number of nitrogens with one attached hydrogen (secondary N) is 2. The Labute approximate surface area is 130 Å². The number of rotatable bonds is 4. The third kappa shape index (κ3) is 4.40. The number of hydrogen-bond donors (Lipinski definition) is 2. The zero-order valence-corrected chi connectivity index (χ0v) is 13.3. The van der Waals surface area contributed by atoms with Gasteiger partial charge in [-0.05, 0) is 50.1 Å². The number of carbonyl (C=O) groups excluding carboxylic acids is 1. The second-order valence-electron chi connectivity index (χ2n) is 5.69. The van der Waals surface area contributed by atoms with Gasteiger partial charge in [0.25, 0.3) is 0 Å². The summed E-state index contributed by atoms with van der Waals surface area (Å²) in [5.41, 5.74) is 1.54. The van der Waals surface area contributed by atoms with Gasteiger partial charge in [-0.15, -0.1) is 0 Å². The minimum Gasteiger partial charge on any atom is -0.337 e. The molecule has 5 heteroatoms. The van der Waals surface area contributed by atoms with Crippen LogP contribution in [0.5, 0.6) is 0 Å². The standard InChI is InChI=1S/C16H21N3OS/c1-12(14-6-3-5-13(9-14)10-17)19-15(20)18-11-16(2)7-4-8-21-16/h3,5-6,9,12H,4,7-8,11H2,1-2H3,(H2,18,19,20). The first-order valence-corrected chi connectivity index (χ1v) is 8.19. The maximum absolute atomic E-state index is 12.0. The van der Waals surface area contributed by atoms with E-state index in [-0.39, 0.29) is 16.8 Å². The van der Waals surface area contributed by atoms with Crippen LogP contribution in [0.3, 0.4) is 0 Å². The van der Waals surface area contributed by atoms with E-state index >= 15 is 0 Å². The van der Waals surface area contributed by atoms with Gasteiger partial charge in [0.15, 0.2) is 0 Å². The maximum atomic E-state index is 12.0. The van der Waals surface area contributed by atoms with Gasteiger partial charge in [-0.25, -0.2) is 4.79 Å². The molecule has 4 nitrogen and oxygen atoms in total. The van der Waals surface area contributed by atoms with Crippen molar-refractivity contribution in [2.24, 2.45) is 0 Å². The molecule has 0 radical (unpaired) electrons. The van der Waals surface area contributed by atoms with Crippen LogP contribution in [0, 0.1) is 11.3 Å². The Morgan fingerprint density at radius 2 is 2.38 bits per heavy atom. The maximum Gasteiger partial charge on any atom is 0.315 e. The summed E-state index contributed by atoms with van der Waals surface area (Å²) in [6, 6.07) is 9.15. The van der Waals surface area contributed by atoms with E-state index in [1.807, 2.05) is 30.8 Å². The molecule has 2 atom stereocenters. The summed E-state index contributed by atoms with van der Waals surface area (Å²) in [4.78, 5) is 12.0. The first kappa shape index (κ1) is 15.7. The SMILES string of the molecule is CC(NC(=O)NCC1(C)CCCS1)c1cccc(C#N)c1. The van der Waals surface area contributed by atoms with Crippen LogP contribution in [0.2, 0.25) is 0 Å². The summed E-state index contributed by atoms with van der Waals surface area (Å²) in [6.07, 6.45) is 2.37. The van der Waals surface area contributed by atoms with Crippen LogP contribution in [0.25, 0.3) is 0 Å². The topological polar surface area (TPSA) is 64.9 Å². The summed E-state index contributed by atoms with van der Waals surface area (Å²) in [5.74, 6) is 1.18.